The highest BCUT2D eigenvalue weighted by molar-refractivity contribution is 5.94. The number of oxazole rings is 1. The number of carbonyl (C=O) groups excluding carboxylic acids is 2. The van der Waals surface area contributed by atoms with Crippen LogP contribution in [-0.2, 0) is 16.0 Å². The number of aryl methyl sites for hydroxylation is 1. The molecule has 0 unspecified atom stereocenters. The molecule has 0 radical (unpaired) electrons. The molecule has 0 saturated carbocycles. The van der Waals surface area contributed by atoms with Gasteiger partial charge in [0.25, 0.3) is 0 Å². The fourth-order valence-electron chi connectivity index (χ4n) is 2.54. The summed E-state index contributed by atoms with van der Waals surface area (Å²) in [6, 6.07) is 4.44. The number of rotatable bonds is 7. The molecule has 0 bridgehead atoms. The van der Waals surface area contributed by atoms with Gasteiger partial charge in [0.15, 0.2) is 29.1 Å². The van der Waals surface area contributed by atoms with Crippen molar-refractivity contribution in [2.45, 2.75) is 12.8 Å². The lowest BCUT2D eigenvalue weighted by Crippen LogP contribution is -2.33. The molecule has 0 spiro atoms. The molecule has 6 nitrogen and oxygen atoms in total. The van der Waals surface area contributed by atoms with Gasteiger partial charge < -0.3 is 15.1 Å². The molecule has 0 aliphatic carbocycles. The molecule has 2 amide bonds. The second-order valence-corrected chi connectivity index (χ2v) is 6.29. The Hall–Kier alpha value is -3.76. The molecule has 0 saturated heterocycles. The van der Waals surface area contributed by atoms with Crippen LogP contribution in [0, 0.1) is 29.1 Å². The van der Waals surface area contributed by atoms with Gasteiger partial charge in [-0.25, -0.2) is 26.9 Å². The largest absolute Gasteiger partial charge is 0.441 e. The zero-order valence-electron chi connectivity index (χ0n) is 15.6. The molecule has 0 atom stereocenters. The summed E-state index contributed by atoms with van der Waals surface area (Å²) in [6.07, 6.45) is 1.11. The third-order valence-corrected chi connectivity index (χ3v) is 4.07. The van der Waals surface area contributed by atoms with Crippen LogP contribution in [0.4, 0.5) is 27.6 Å². The molecule has 2 aromatic carbocycles. The molecule has 0 aliphatic heterocycles. The molecular formula is C20H14F5N3O3. The van der Waals surface area contributed by atoms with E-state index in [2.05, 4.69) is 10.3 Å². The Bertz CT molecular complexity index is 1130. The molecule has 1 aromatic heterocycles. The first kappa shape index (κ1) is 21.9. The number of hydrogen-bond donors (Lipinski definition) is 2. The quantitative estimate of drug-likeness (QED) is 0.434. The third kappa shape index (κ3) is 5.44. The summed E-state index contributed by atoms with van der Waals surface area (Å²) in [5, 5.41) is 4.27. The maximum atomic E-state index is 13.8. The topological polar surface area (TPSA) is 84.2 Å². The van der Waals surface area contributed by atoms with E-state index in [1.165, 1.54) is 12.3 Å². The zero-order chi connectivity index (χ0) is 22.5. The summed E-state index contributed by atoms with van der Waals surface area (Å²) >= 11 is 0. The molecule has 1 heterocycles. The smallest absolute Gasteiger partial charge is 0.243 e. The molecule has 2 N–H and O–H groups in total. The van der Waals surface area contributed by atoms with Crippen molar-refractivity contribution in [3.8, 4) is 11.3 Å². The van der Waals surface area contributed by atoms with Crippen LogP contribution in [0.3, 0.4) is 0 Å². The third-order valence-electron chi connectivity index (χ3n) is 4.07. The summed E-state index contributed by atoms with van der Waals surface area (Å²) in [5.74, 6) is -7.52. The Morgan fingerprint density at radius 3 is 2.45 bits per heavy atom. The van der Waals surface area contributed by atoms with Crippen LogP contribution in [0.1, 0.15) is 12.3 Å². The van der Waals surface area contributed by atoms with Crippen molar-refractivity contribution in [2.24, 2.45) is 0 Å². The van der Waals surface area contributed by atoms with Crippen LogP contribution in [-0.4, -0.2) is 23.3 Å². The minimum absolute atomic E-state index is 0.00531. The van der Waals surface area contributed by atoms with Gasteiger partial charge in [0, 0.05) is 18.9 Å². The van der Waals surface area contributed by atoms with Gasteiger partial charge in [-0.1, -0.05) is 0 Å². The Labute approximate surface area is 172 Å². The van der Waals surface area contributed by atoms with Crippen LogP contribution >= 0.6 is 0 Å². The van der Waals surface area contributed by atoms with Crippen LogP contribution in [0.2, 0.25) is 0 Å². The minimum atomic E-state index is -1.73. The zero-order valence-corrected chi connectivity index (χ0v) is 15.6. The lowest BCUT2D eigenvalue weighted by molar-refractivity contribution is -0.124. The van der Waals surface area contributed by atoms with E-state index in [1.54, 1.807) is 0 Å². The highest BCUT2D eigenvalue weighted by Gasteiger charge is 2.16. The molecule has 3 rings (SSSR count). The summed E-state index contributed by atoms with van der Waals surface area (Å²) in [5.41, 5.74) is -0.566. The Kier molecular flexibility index (Phi) is 6.63. The van der Waals surface area contributed by atoms with Crippen LogP contribution in [0.25, 0.3) is 11.3 Å². The maximum absolute atomic E-state index is 13.8. The van der Waals surface area contributed by atoms with Gasteiger partial charge in [0.05, 0.1) is 24.0 Å². The van der Waals surface area contributed by atoms with Gasteiger partial charge in [-0.2, -0.15) is 0 Å². The fraction of sp³-hybridized carbons (Fsp3) is 0.150. The number of hydrogen-bond acceptors (Lipinski definition) is 4. The molecule has 162 valence electrons. The number of anilines is 1. The second kappa shape index (κ2) is 9.37. The van der Waals surface area contributed by atoms with Gasteiger partial charge in [-0.3, -0.25) is 9.59 Å². The Morgan fingerprint density at radius 2 is 1.71 bits per heavy atom. The van der Waals surface area contributed by atoms with Crippen molar-refractivity contribution in [1.29, 1.82) is 0 Å². The number of aromatic nitrogens is 1. The van der Waals surface area contributed by atoms with Crippen molar-refractivity contribution in [3.63, 3.8) is 0 Å². The Morgan fingerprint density at radius 1 is 0.935 bits per heavy atom. The van der Waals surface area contributed by atoms with E-state index in [0.717, 1.165) is 12.1 Å². The number of benzene rings is 2. The summed E-state index contributed by atoms with van der Waals surface area (Å²) < 4.78 is 71.6. The Balaban J connectivity index is 1.48. The monoisotopic (exact) mass is 439 g/mol. The standard InChI is InChI=1S/C20H14F5N3O3/c21-10-1-2-11(13(23)7-10)15-8-27-18(31-15)6-5-16(29)26-9-17(30)28-14-4-3-12(22)19(24)20(14)25/h1-4,7-8H,5-6,9H2,(H,26,29)(H,28,30). The highest BCUT2D eigenvalue weighted by atomic mass is 19.2. The predicted molar refractivity (Wildman–Crippen MR) is 98.1 cm³/mol. The SMILES string of the molecule is O=C(CCc1ncc(-c2ccc(F)cc2F)o1)NCC(=O)Nc1ccc(F)c(F)c1F. The number of nitrogens with one attached hydrogen (secondary N) is 2. The first-order valence-corrected chi connectivity index (χ1v) is 8.84. The average molecular weight is 439 g/mol. The van der Waals surface area contributed by atoms with Crippen LogP contribution in [0.5, 0.6) is 0 Å². The second-order valence-electron chi connectivity index (χ2n) is 6.29. The summed E-state index contributed by atoms with van der Waals surface area (Å²) in [4.78, 5) is 27.5. The van der Waals surface area contributed by atoms with Gasteiger partial charge in [0.1, 0.15) is 11.6 Å². The van der Waals surface area contributed by atoms with E-state index in [0.29, 0.717) is 12.1 Å². The van der Waals surface area contributed by atoms with Crippen molar-refractivity contribution in [1.82, 2.24) is 10.3 Å². The van der Waals surface area contributed by atoms with Gasteiger partial charge >= 0.3 is 0 Å². The van der Waals surface area contributed by atoms with Crippen LogP contribution < -0.4 is 10.6 Å². The average Bonchev–Trinajstić information content (AvgIpc) is 3.20. The first-order chi connectivity index (χ1) is 14.7. The summed E-state index contributed by atoms with van der Waals surface area (Å²) in [7, 11) is 0. The van der Waals surface area contributed by atoms with E-state index < -0.39 is 53.1 Å². The van der Waals surface area contributed by atoms with Crippen molar-refractivity contribution in [3.05, 3.63) is 71.5 Å². The van der Waals surface area contributed by atoms with Crippen LogP contribution in [0.15, 0.2) is 40.9 Å². The number of carbonyl (C=O) groups is 2. The van der Waals surface area contributed by atoms with E-state index in [1.807, 2.05) is 5.32 Å². The van der Waals surface area contributed by atoms with Crippen molar-refractivity contribution >= 4 is 17.5 Å². The number of amides is 2. The molecule has 11 heteroatoms. The molecule has 0 fully saturated rings. The molecule has 0 aliphatic rings. The normalized spacial score (nSPS) is 10.7. The first-order valence-electron chi connectivity index (χ1n) is 8.84. The lowest BCUT2D eigenvalue weighted by Gasteiger charge is -2.08. The predicted octanol–water partition coefficient (Wildman–Crippen LogP) is 3.72. The molecule has 31 heavy (non-hydrogen) atoms. The van der Waals surface area contributed by atoms with E-state index in [-0.39, 0.29) is 30.1 Å². The van der Waals surface area contributed by atoms with Gasteiger partial charge in [0.2, 0.25) is 11.8 Å². The molecular weight excluding hydrogens is 425 g/mol. The number of halogens is 5. The van der Waals surface area contributed by atoms with E-state index in [9.17, 15) is 31.5 Å². The lowest BCUT2D eigenvalue weighted by atomic mass is 10.2. The minimum Gasteiger partial charge on any atom is -0.441 e. The van der Waals surface area contributed by atoms with Gasteiger partial charge in [-0.15, -0.1) is 0 Å². The highest BCUT2D eigenvalue weighted by Crippen LogP contribution is 2.24. The summed E-state index contributed by atoms with van der Waals surface area (Å²) in [6.45, 7) is -0.547. The van der Waals surface area contributed by atoms with Crippen molar-refractivity contribution in [2.75, 3.05) is 11.9 Å². The molecule has 3 aromatic rings. The number of nitrogens with zero attached hydrogens (tertiary/aromatic N) is 1. The van der Waals surface area contributed by atoms with Gasteiger partial charge in [-0.05, 0) is 24.3 Å². The van der Waals surface area contributed by atoms with E-state index in [4.69, 9.17) is 4.42 Å². The van der Waals surface area contributed by atoms with Crippen molar-refractivity contribution < 1.29 is 36.0 Å². The van der Waals surface area contributed by atoms with E-state index >= 15 is 0 Å². The fourth-order valence-corrected chi connectivity index (χ4v) is 2.54. The maximum Gasteiger partial charge on any atom is 0.243 e.